The molecule has 0 aliphatic carbocycles. The van der Waals surface area contributed by atoms with Crippen LogP contribution in [0.3, 0.4) is 0 Å². The summed E-state index contributed by atoms with van der Waals surface area (Å²) >= 11 is 1.86. The lowest BCUT2D eigenvalue weighted by Crippen LogP contribution is -2.55. The maximum atomic E-state index is 6.54. The van der Waals surface area contributed by atoms with Crippen molar-refractivity contribution in [1.29, 1.82) is 0 Å². The Morgan fingerprint density at radius 1 is 0.630 bits per heavy atom. The van der Waals surface area contributed by atoms with E-state index in [0.717, 1.165) is 22.2 Å². The summed E-state index contributed by atoms with van der Waals surface area (Å²) in [7, 11) is 31.8. The zero-order chi connectivity index (χ0) is 31.6. The van der Waals surface area contributed by atoms with Crippen LogP contribution in [0.15, 0.2) is 84.9 Å². The summed E-state index contributed by atoms with van der Waals surface area (Å²) in [6.07, 6.45) is 0. The molecule has 8 aromatic rings. The number of para-hydroxylation sites is 2. The predicted octanol–water partition coefficient (Wildman–Crippen LogP) is 3.88. The van der Waals surface area contributed by atoms with Crippen molar-refractivity contribution in [2.45, 2.75) is 19.3 Å². The van der Waals surface area contributed by atoms with Gasteiger partial charge in [-0.05, 0) is 47.0 Å². The molecule has 1 aliphatic heterocycles. The highest BCUT2D eigenvalue weighted by molar-refractivity contribution is 7.26. The second-order valence-corrected chi connectivity index (χ2v) is 13.6. The smallest absolute Gasteiger partial charge is 0.160 e. The van der Waals surface area contributed by atoms with Crippen molar-refractivity contribution in [2.24, 2.45) is 0 Å². The third kappa shape index (κ3) is 3.55. The Bertz CT molecular complexity index is 2610. The number of hydrogen-bond donors (Lipinski definition) is 0. The Morgan fingerprint density at radius 3 is 2.09 bits per heavy atom. The van der Waals surface area contributed by atoms with Crippen LogP contribution in [0.25, 0.3) is 70.4 Å². The molecule has 1 aliphatic rings. The normalized spacial score (nSPS) is 13.6. The molecular formula is C37H20B5N3S. The molecule has 0 N–H and O–H groups in total. The third-order valence-electron chi connectivity index (χ3n) is 9.68. The van der Waals surface area contributed by atoms with Crippen molar-refractivity contribution >= 4 is 120 Å². The lowest BCUT2D eigenvalue weighted by molar-refractivity contribution is 0.630. The lowest BCUT2D eigenvalue weighted by atomic mass is 9.60. The fraction of sp³-hybridized carbons (Fsp3) is 0.0811. The minimum atomic E-state index is -0.286. The highest BCUT2D eigenvalue weighted by atomic mass is 32.1. The van der Waals surface area contributed by atoms with E-state index in [1.165, 1.54) is 42.3 Å². The third-order valence-corrected chi connectivity index (χ3v) is 10.9. The molecule has 0 saturated carbocycles. The van der Waals surface area contributed by atoms with Gasteiger partial charge >= 0.3 is 0 Å². The maximum Gasteiger partial charge on any atom is 0.160 e. The molecule has 9 heteroatoms. The average molecular weight is 593 g/mol. The molecule has 0 unspecified atom stereocenters. The largest absolute Gasteiger partial charge is 0.307 e. The first-order valence-electron chi connectivity index (χ1n) is 15.1. The van der Waals surface area contributed by atoms with Crippen LogP contribution in [0.5, 0.6) is 0 Å². The summed E-state index contributed by atoms with van der Waals surface area (Å²) in [6, 6.07) is 29.6. The fourth-order valence-electron chi connectivity index (χ4n) is 7.28. The first kappa shape index (κ1) is 27.8. The molecule has 0 spiro atoms. The zero-order valence-electron chi connectivity index (χ0n) is 25.2. The van der Waals surface area contributed by atoms with Crippen molar-refractivity contribution in [3.05, 3.63) is 96.1 Å². The Kier molecular flexibility index (Phi) is 5.76. The van der Waals surface area contributed by atoms with E-state index in [0.29, 0.717) is 17.1 Å². The summed E-state index contributed by atoms with van der Waals surface area (Å²) in [6.45, 7) is 4.59. The van der Waals surface area contributed by atoms with E-state index in [4.69, 9.17) is 49.2 Å². The number of thiophene rings is 1. The van der Waals surface area contributed by atoms with Crippen LogP contribution in [-0.2, 0) is 5.41 Å². The molecule has 0 bridgehead atoms. The summed E-state index contributed by atoms with van der Waals surface area (Å²) in [5.74, 6) is 0.544. The predicted molar refractivity (Wildman–Crippen MR) is 199 cm³/mol. The Morgan fingerprint density at radius 2 is 1.30 bits per heavy atom. The van der Waals surface area contributed by atoms with Crippen LogP contribution in [-0.4, -0.2) is 53.8 Å². The Balaban J connectivity index is 1.33. The van der Waals surface area contributed by atoms with E-state index in [1.807, 2.05) is 35.6 Å². The molecule has 9 rings (SSSR count). The van der Waals surface area contributed by atoms with Crippen molar-refractivity contribution < 1.29 is 0 Å². The van der Waals surface area contributed by atoms with E-state index in [1.54, 1.807) is 0 Å². The van der Waals surface area contributed by atoms with Gasteiger partial charge in [-0.25, -0.2) is 9.97 Å². The molecule has 0 fully saturated rings. The minimum Gasteiger partial charge on any atom is -0.307 e. The average Bonchev–Trinajstić information content (AvgIpc) is 3.61. The highest BCUT2D eigenvalue weighted by Crippen LogP contribution is 2.51. The van der Waals surface area contributed by atoms with Crippen molar-refractivity contribution in [1.82, 2.24) is 14.5 Å². The molecule has 0 amide bonds. The molecule has 46 heavy (non-hydrogen) atoms. The van der Waals surface area contributed by atoms with Gasteiger partial charge in [0.1, 0.15) is 39.2 Å². The Hall–Kier alpha value is -4.48. The van der Waals surface area contributed by atoms with Gasteiger partial charge in [0.25, 0.3) is 0 Å². The van der Waals surface area contributed by atoms with Crippen molar-refractivity contribution in [3.63, 3.8) is 0 Å². The van der Waals surface area contributed by atoms with E-state index in [2.05, 4.69) is 79.1 Å². The monoisotopic (exact) mass is 593 g/mol. The SMILES string of the molecule is [B]c1c([B])c([B])c(-c2nc(-c3ccc4c(c3)C(C)(C)c3cccc5c6sc7ccccc7c6n-4c35)nc3ccccc23)c([B])c1[B]. The second kappa shape index (κ2) is 9.53. The number of hydrogen-bond acceptors (Lipinski definition) is 3. The highest BCUT2D eigenvalue weighted by Gasteiger charge is 2.36. The standard InChI is InChI=1S/C37H20B5N3S/c1-37(2)21-11-7-10-20-33(21)45(34-19-9-4-6-13-25(19)46-35(20)34)24-15-14-17(16-22(24)37)36-43-23-12-5-3-8-18(23)32(44-36)26-27(38)29(40)31(42)30(41)28(26)39/h3-16H,1-2H3. The van der Waals surface area contributed by atoms with Crippen LogP contribution in [0.4, 0.5) is 0 Å². The summed E-state index contributed by atoms with van der Waals surface area (Å²) in [5.41, 5.74) is 9.52. The topological polar surface area (TPSA) is 30.7 Å². The van der Waals surface area contributed by atoms with E-state index in [-0.39, 0.29) is 32.7 Å². The molecule has 4 heterocycles. The zero-order valence-corrected chi connectivity index (χ0v) is 26.0. The summed E-state index contributed by atoms with van der Waals surface area (Å²) < 4.78 is 5.05. The van der Waals surface area contributed by atoms with Crippen LogP contribution in [0.2, 0.25) is 0 Å². The number of nitrogens with zero attached hydrogens (tertiary/aromatic N) is 3. The fourth-order valence-corrected chi connectivity index (χ4v) is 8.49. The summed E-state index contributed by atoms with van der Waals surface area (Å²) in [4.78, 5) is 10.1. The summed E-state index contributed by atoms with van der Waals surface area (Å²) in [5, 5.41) is 3.33. The Labute approximate surface area is 277 Å². The van der Waals surface area contributed by atoms with Gasteiger partial charge in [0.05, 0.1) is 32.6 Å². The van der Waals surface area contributed by atoms with Gasteiger partial charge in [0.15, 0.2) is 5.82 Å². The van der Waals surface area contributed by atoms with Gasteiger partial charge in [-0.2, -0.15) is 0 Å². The maximum absolute atomic E-state index is 6.54. The number of aromatic nitrogens is 3. The number of rotatable bonds is 2. The molecule has 3 nitrogen and oxygen atoms in total. The van der Waals surface area contributed by atoms with Crippen LogP contribution < -0.4 is 27.3 Å². The van der Waals surface area contributed by atoms with Crippen LogP contribution >= 0.6 is 11.3 Å². The second-order valence-electron chi connectivity index (χ2n) is 12.5. The van der Waals surface area contributed by atoms with Gasteiger partial charge in [-0.15, -0.1) is 27.7 Å². The van der Waals surface area contributed by atoms with E-state index < -0.39 is 0 Å². The quantitative estimate of drug-likeness (QED) is 0.286. The number of benzene rings is 5. The molecule has 204 valence electrons. The first-order chi connectivity index (χ1) is 22.2. The van der Waals surface area contributed by atoms with E-state index >= 15 is 0 Å². The van der Waals surface area contributed by atoms with Gasteiger partial charge in [0.2, 0.25) is 0 Å². The minimum absolute atomic E-state index is 0.168. The first-order valence-corrected chi connectivity index (χ1v) is 15.9. The van der Waals surface area contributed by atoms with Crippen LogP contribution in [0, 0.1) is 0 Å². The van der Waals surface area contributed by atoms with Crippen molar-refractivity contribution in [3.8, 4) is 28.3 Å². The molecule has 0 atom stereocenters. The van der Waals surface area contributed by atoms with Gasteiger partial charge < -0.3 is 4.57 Å². The van der Waals surface area contributed by atoms with Gasteiger partial charge in [-0.1, -0.05) is 79.4 Å². The van der Waals surface area contributed by atoms with Gasteiger partial charge in [-0.3, -0.25) is 0 Å². The van der Waals surface area contributed by atoms with E-state index in [9.17, 15) is 0 Å². The van der Waals surface area contributed by atoms with Crippen molar-refractivity contribution in [2.75, 3.05) is 0 Å². The van der Waals surface area contributed by atoms with Crippen LogP contribution in [0.1, 0.15) is 25.0 Å². The number of fused-ring (bicyclic) bond motifs is 8. The molecule has 10 radical (unpaired) electrons. The molecular weight excluding hydrogens is 573 g/mol. The molecule has 0 saturated heterocycles. The molecule has 5 aromatic carbocycles. The lowest BCUT2D eigenvalue weighted by Gasteiger charge is -2.35. The van der Waals surface area contributed by atoms with Gasteiger partial charge in [0, 0.05) is 31.8 Å². The molecule has 3 aromatic heterocycles.